The van der Waals surface area contributed by atoms with Crippen molar-refractivity contribution in [3.63, 3.8) is 0 Å². The van der Waals surface area contributed by atoms with Crippen molar-refractivity contribution in [2.24, 2.45) is 0 Å². The summed E-state index contributed by atoms with van der Waals surface area (Å²) in [5.74, 6) is -1.49. The van der Waals surface area contributed by atoms with Crippen LogP contribution in [-0.4, -0.2) is 38.7 Å². The first-order chi connectivity index (χ1) is 12.1. The van der Waals surface area contributed by atoms with Gasteiger partial charge >= 0.3 is 0 Å². The van der Waals surface area contributed by atoms with Crippen LogP contribution in [0.2, 0.25) is 0 Å². The topological polar surface area (TPSA) is 84.7 Å². The van der Waals surface area contributed by atoms with Gasteiger partial charge in [0.2, 0.25) is 0 Å². The number of anilines is 1. The molecule has 9 heteroatoms. The van der Waals surface area contributed by atoms with Gasteiger partial charge in [-0.1, -0.05) is 6.07 Å². The molecule has 128 valence electrons. The molecule has 0 atom stereocenters. The number of amides is 1. The van der Waals surface area contributed by atoms with E-state index in [0.717, 1.165) is 12.1 Å². The lowest BCUT2D eigenvalue weighted by Gasteiger charge is -2.09. The summed E-state index contributed by atoms with van der Waals surface area (Å²) < 4.78 is 28.6. The lowest BCUT2D eigenvalue weighted by atomic mass is 10.2. The van der Waals surface area contributed by atoms with Gasteiger partial charge in [-0.25, -0.2) is 23.4 Å². The molecule has 3 rings (SSSR count). The molecule has 0 unspecified atom stereocenters. The van der Waals surface area contributed by atoms with E-state index in [2.05, 4.69) is 25.7 Å². The van der Waals surface area contributed by atoms with Crippen molar-refractivity contribution >= 4 is 11.7 Å². The lowest BCUT2D eigenvalue weighted by molar-refractivity contribution is 0.0946. The first-order valence-electron chi connectivity index (χ1n) is 7.43. The van der Waals surface area contributed by atoms with Crippen molar-refractivity contribution in [3.8, 4) is 5.82 Å². The highest BCUT2D eigenvalue weighted by molar-refractivity contribution is 5.94. The summed E-state index contributed by atoms with van der Waals surface area (Å²) in [6.45, 7) is 0.477. The standard InChI is InChI=1S/C16H14F2N6O/c17-11-3-1-4-12(18)15(11)16(25)20-7-6-19-13-9-14(22-10-21-13)24-8-2-5-23-24/h1-5,8-10H,6-7H2,(H,20,25)(H,19,21,22). The van der Waals surface area contributed by atoms with Crippen molar-refractivity contribution in [1.82, 2.24) is 25.1 Å². The Morgan fingerprint density at radius 3 is 2.64 bits per heavy atom. The summed E-state index contributed by atoms with van der Waals surface area (Å²) in [5, 5.41) is 9.51. The van der Waals surface area contributed by atoms with Crippen LogP contribution in [0.5, 0.6) is 0 Å². The minimum Gasteiger partial charge on any atom is -0.368 e. The summed E-state index contributed by atoms with van der Waals surface area (Å²) in [4.78, 5) is 20.0. The fourth-order valence-corrected chi connectivity index (χ4v) is 2.14. The third-order valence-electron chi connectivity index (χ3n) is 3.30. The summed E-state index contributed by atoms with van der Waals surface area (Å²) >= 11 is 0. The Bertz CT molecular complexity index is 849. The molecule has 0 aliphatic heterocycles. The fourth-order valence-electron chi connectivity index (χ4n) is 2.14. The second-order valence-corrected chi connectivity index (χ2v) is 4.99. The molecule has 3 aromatic rings. The van der Waals surface area contributed by atoms with Crippen molar-refractivity contribution in [1.29, 1.82) is 0 Å². The predicted octanol–water partition coefficient (Wildman–Crippen LogP) is 1.78. The molecule has 0 spiro atoms. The smallest absolute Gasteiger partial charge is 0.257 e. The van der Waals surface area contributed by atoms with Crippen LogP contribution in [0, 0.1) is 11.6 Å². The normalized spacial score (nSPS) is 10.5. The number of halogens is 2. The van der Waals surface area contributed by atoms with E-state index < -0.39 is 23.1 Å². The fraction of sp³-hybridized carbons (Fsp3) is 0.125. The largest absolute Gasteiger partial charge is 0.368 e. The Morgan fingerprint density at radius 1 is 1.12 bits per heavy atom. The Labute approximate surface area is 141 Å². The SMILES string of the molecule is O=C(NCCNc1cc(-n2cccn2)ncn1)c1c(F)cccc1F. The number of aromatic nitrogens is 4. The van der Waals surface area contributed by atoms with Gasteiger partial charge in [0.15, 0.2) is 5.82 Å². The molecule has 1 aromatic carbocycles. The van der Waals surface area contributed by atoms with Crippen LogP contribution in [0.15, 0.2) is 49.1 Å². The summed E-state index contributed by atoms with van der Waals surface area (Å²) in [5.41, 5.74) is -0.592. The van der Waals surface area contributed by atoms with E-state index >= 15 is 0 Å². The van der Waals surface area contributed by atoms with Crippen LogP contribution in [-0.2, 0) is 0 Å². The van der Waals surface area contributed by atoms with E-state index in [1.165, 1.54) is 12.4 Å². The minimum atomic E-state index is -0.898. The predicted molar refractivity (Wildman–Crippen MR) is 86.3 cm³/mol. The van der Waals surface area contributed by atoms with Gasteiger partial charge in [0.1, 0.15) is 29.3 Å². The van der Waals surface area contributed by atoms with Crippen LogP contribution >= 0.6 is 0 Å². The van der Waals surface area contributed by atoms with Crippen molar-refractivity contribution in [2.45, 2.75) is 0 Å². The third kappa shape index (κ3) is 3.94. The van der Waals surface area contributed by atoms with E-state index in [1.54, 1.807) is 29.2 Å². The maximum atomic E-state index is 13.5. The maximum Gasteiger partial charge on any atom is 0.257 e. The number of carbonyl (C=O) groups is 1. The number of carbonyl (C=O) groups excluding carboxylic acids is 1. The Hall–Kier alpha value is -3.36. The first-order valence-corrected chi connectivity index (χ1v) is 7.43. The second kappa shape index (κ2) is 7.47. The molecule has 2 N–H and O–H groups in total. The van der Waals surface area contributed by atoms with Crippen LogP contribution in [0.3, 0.4) is 0 Å². The molecule has 2 aromatic heterocycles. The number of hydrogen-bond donors (Lipinski definition) is 2. The molecule has 0 bridgehead atoms. The van der Waals surface area contributed by atoms with E-state index in [0.29, 0.717) is 18.2 Å². The summed E-state index contributed by atoms with van der Waals surface area (Å²) in [6.07, 6.45) is 4.76. The molecule has 1 amide bonds. The zero-order valence-electron chi connectivity index (χ0n) is 13.0. The molecule has 7 nitrogen and oxygen atoms in total. The third-order valence-corrected chi connectivity index (χ3v) is 3.30. The van der Waals surface area contributed by atoms with Gasteiger partial charge in [-0.2, -0.15) is 5.10 Å². The highest BCUT2D eigenvalue weighted by Crippen LogP contribution is 2.11. The molecule has 2 heterocycles. The van der Waals surface area contributed by atoms with Crippen molar-refractivity contribution in [2.75, 3.05) is 18.4 Å². The van der Waals surface area contributed by atoms with Crippen molar-refractivity contribution in [3.05, 3.63) is 66.3 Å². The van der Waals surface area contributed by atoms with Gasteiger partial charge in [-0.15, -0.1) is 0 Å². The Balaban J connectivity index is 1.54. The monoisotopic (exact) mass is 344 g/mol. The molecule has 0 radical (unpaired) electrons. The number of nitrogens with zero attached hydrogens (tertiary/aromatic N) is 4. The summed E-state index contributed by atoms with van der Waals surface area (Å²) in [7, 11) is 0. The second-order valence-electron chi connectivity index (χ2n) is 4.99. The highest BCUT2D eigenvalue weighted by atomic mass is 19.1. The van der Waals surface area contributed by atoms with Gasteiger partial charge in [-0.3, -0.25) is 4.79 Å². The van der Waals surface area contributed by atoms with Gasteiger partial charge in [0, 0.05) is 31.5 Å². The molecule has 25 heavy (non-hydrogen) atoms. The van der Waals surface area contributed by atoms with Crippen LogP contribution in [0.1, 0.15) is 10.4 Å². The maximum absolute atomic E-state index is 13.5. The summed E-state index contributed by atoms with van der Waals surface area (Å²) in [6, 6.07) is 6.73. The number of rotatable bonds is 6. The molecule has 0 fully saturated rings. The van der Waals surface area contributed by atoms with Gasteiger partial charge in [0.05, 0.1) is 0 Å². The number of nitrogens with one attached hydrogen (secondary N) is 2. The lowest BCUT2D eigenvalue weighted by Crippen LogP contribution is -2.30. The molecule has 0 aliphatic carbocycles. The average molecular weight is 344 g/mol. The van der Waals surface area contributed by atoms with Gasteiger partial charge < -0.3 is 10.6 Å². The highest BCUT2D eigenvalue weighted by Gasteiger charge is 2.16. The quantitative estimate of drug-likeness (QED) is 0.666. The molecule has 0 saturated heterocycles. The first kappa shape index (κ1) is 16.5. The molecular formula is C16H14F2N6O. The van der Waals surface area contributed by atoms with Crippen LogP contribution in [0.25, 0.3) is 5.82 Å². The number of hydrogen-bond acceptors (Lipinski definition) is 5. The zero-order valence-corrected chi connectivity index (χ0v) is 13.0. The Morgan fingerprint density at radius 2 is 1.92 bits per heavy atom. The van der Waals surface area contributed by atoms with Crippen LogP contribution in [0.4, 0.5) is 14.6 Å². The van der Waals surface area contributed by atoms with Gasteiger partial charge in [-0.05, 0) is 18.2 Å². The van der Waals surface area contributed by atoms with E-state index in [-0.39, 0.29) is 6.54 Å². The Kier molecular flexibility index (Phi) is 4.93. The molecule has 0 aliphatic rings. The molecular weight excluding hydrogens is 330 g/mol. The van der Waals surface area contributed by atoms with E-state index in [1.807, 2.05) is 0 Å². The van der Waals surface area contributed by atoms with Gasteiger partial charge in [0.25, 0.3) is 5.91 Å². The van der Waals surface area contributed by atoms with Crippen molar-refractivity contribution < 1.29 is 13.6 Å². The number of benzene rings is 1. The van der Waals surface area contributed by atoms with Crippen LogP contribution < -0.4 is 10.6 Å². The molecule has 0 saturated carbocycles. The average Bonchev–Trinajstić information content (AvgIpc) is 3.13. The van der Waals surface area contributed by atoms with E-state index in [9.17, 15) is 13.6 Å². The zero-order chi connectivity index (χ0) is 17.6. The van der Waals surface area contributed by atoms with E-state index in [4.69, 9.17) is 0 Å². The minimum absolute atomic E-state index is 0.160.